The van der Waals surface area contributed by atoms with Gasteiger partial charge < -0.3 is 4.42 Å². The molecule has 4 nitrogen and oxygen atoms in total. The third kappa shape index (κ3) is 4.35. The van der Waals surface area contributed by atoms with Crippen LogP contribution in [-0.4, -0.2) is 15.0 Å². The number of para-hydroxylation sites is 1. The molecule has 0 saturated heterocycles. The molecule has 2 aromatic heterocycles. The molecule has 7 aromatic carbocycles. The van der Waals surface area contributed by atoms with Gasteiger partial charge in [-0.05, 0) is 56.9 Å². The van der Waals surface area contributed by atoms with Crippen molar-refractivity contribution in [3.05, 3.63) is 152 Å². The van der Waals surface area contributed by atoms with Crippen molar-refractivity contribution in [1.82, 2.24) is 15.0 Å². The average Bonchev–Trinajstić information content (AvgIpc) is 3.50. The van der Waals surface area contributed by atoms with E-state index in [2.05, 4.69) is 91.0 Å². The summed E-state index contributed by atoms with van der Waals surface area (Å²) in [5.74, 6) is 1.87. The number of hydrogen-bond donors (Lipinski definition) is 0. The van der Waals surface area contributed by atoms with Crippen molar-refractivity contribution in [3.63, 3.8) is 0 Å². The molecule has 0 atom stereocenters. The number of hydrogen-bond acceptors (Lipinski definition) is 4. The maximum absolute atomic E-state index is 6.19. The van der Waals surface area contributed by atoms with Crippen LogP contribution in [0, 0.1) is 0 Å². The van der Waals surface area contributed by atoms with E-state index in [1.54, 1.807) is 0 Å². The van der Waals surface area contributed by atoms with E-state index in [0.29, 0.717) is 17.5 Å². The van der Waals surface area contributed by atoms with Gasteiger partial charge in [-0.25, -0.2) is 15.0 Å². The summed E-state index contributed by atoms with van der Waals surface area (Å²) in [6, 6.07) is 52.3. The highest BCUT2D eigenvalue weighted by atomic mass is 16.3. The molecule has 0 aliphatic heterocycles. The van der Waals surface area contributed by atoms with Gasteiger partial charge in [-0.2, -0.15) is 0 Å². The lowest BCUT2D eigenvalue weighted by Gasteiger charge is -2.11. The zero-order chi connectivity index (χ0) is 29.7. The Morgan fingerprint density at radius 3 is 1.91 bits per heavy atom. The molecule has 4 heteroatoms. The summed E-state index contributed by atoms with van der Waals surface area (Å²) in [6.45, 7) is 0. The van der Waals surface area contributed by atoms with Crippen molar-refractivity contribution in [2.75, 3.05) is 0 Å². The van der Waals surface area contributed by atoms with E-state index >= 15 is 0 Å². The number of rotatable bonds is 4. The fourth-order valence-corrected chi connectivity index (χ4v) is 6.33. The lowest BCUT2D eigenvalue weighted by atomic mass is 9.95. The van der Waals surface area contributed by atoms with E-state index in [4.69, 9.17) is 19.4 Å². The summed E-state index contributed by atoms with van der Waals surface area (Å²) in [5, 5.41) is 6.83. The Morgan fingerprint density at radius 2 is 1.00 bits per heavy atom. The standard InChI is InChI=1S/C41H25N3O/c1-2-11-27(12-3-1)39-42-40(44-41(43-39)35-17-9-19-37-38(35)34-15-6-7-18-36(34)45-37)31-22-23-33-29(25-31)14-8-16-32(33)30-21-20-26-10-4-5-13-28(26)24-30/h1-25H. The fourth-order valence-electron chi connectivity index (χ4n) is 6.33. The van der Waals surface area contributed by atoms with Gasteiger partial charge in [0, 0.05) is 27.5 Å². The predicted molar refractivity (Wildman–Crippen MR) is 184 cm³/mol. The predicted octanol–water partition coefficient (Wildman–Crippen LogP) is 10.7. The van der Waals surface area contributed by atoms with Crippen LogP contribution in [-0.2, 0) is 0 Å². The number of fused-ring (bicyclic) bond motifs is 5. The van der Waals surface area contributed by atoms with E-state index in [-0.39, 0.29) is 0 Å². The maximum Gasteiger partial charge on any atom is 0.164 e. The van der Waals surface area contributed by atoms with Gasteiger partial charge in [-0.15, -0.1) is 0 Å². The van der Waals surface area contributed by atoms with Crippen molar-refractivity contribution in [2.24, 2.45) is 0 Å². The number of furan rings is 1. The zero-order valence-corrected chi connectivity index (χ0v) is 24.2. The SMILES string of the molecule is c1ccc(-c2nc(-c3ccc4c(-c5ccc6ccccc6c5)cccc4c3)nc(-c3cccc4oc5ccccc5c34)n2)cc1. The maximum atomic E-state index is 6.19. The molecule has 0 N–H and O–H groups in total. The van der Waals surface area contributed by atoms with Crippen molar-refractivity contribution in [1.29, 1.82) is 0 Å². The minimum Gasteiger partial charge on any atom is -0.456 e. The van der Waals surface area contributed by atoms with Crippen molar-refractivity contribution in [2.45, 2.75) is 0 Å². The van der Waals surface area contributed by atoms with Crippen LogP contribution < -0.4 is 0 Å². The topological polar surface area (TPSA) is 51.8 Å². The number of nitrogens with zero attached hydrogens (tertiary/aromatic N) is 3. The van der Waals surface area contributed by atoms with Gasteiger partial charge in [0.2, 0.25) is 0 Å². The van der Waals surface area contributed by atoms with Crippen LogP contribution in [0.25, 0.3) is 88.8 Å². The minimum absolute atomic E-state index is 0.612. The van der Waals surface area contributed by atoms with E-state index in [9.17, 15) is 0 Å². The van der Waals surface area contributed by atoms with Crippen LogP contribution in [0.4, 0.5) is 0 Å². The molecule has 0 amide bonds. The zero-order valence-electron chi connectivity index (χ0n) is 24.2. The largest absolute Gasteiger partial charge is 0.456 e. The minimum atomic E-state index is 0.612. The molecule has 45 heavy (non-hydrogen) atoms. The van der Waals surface area contributed by atoms with Gasteiger partial charge in [0.1, 0.15) is 11.2 Å². The van der Waals surface area contributed by atoms with Crippen LogP contribution in [0.2, 0.25) is 0 Å². The van der Waals surface area contributed by atoms with E-state index in [1.807, 2.05) is 60.7 Å². The second-order valence-electron chi connectivity index (χ2n) is 11.3. The normalized spacial score (nSPS) is 11.6. The van der Waals surface area contributed by atoms with Crippen LogP contribution in [0.1, 0.15) is 0 Å². The number of aromatic nitrogens is 3. The highest BCUT2D eigenvalue weighted by Crippen LogP contribution is 2.37. The molecule has 0 bridgehead atoms. The highest BCUT2D eigenvalue weighted by Gasteiger charge is 2.18. The van der Waals surface area contributed by atoms with Gasteiger partial charge in [-0.1, -0.05) is 127 Å². The Morgan fingerprint density at radius 1 is 0.356 bits per heavy atom. The van der Waals surface area contributed by atoms with Crippen molar-refractivity contribution in [3.8, 4) is 45.3 Å². The summed E-state index contributed by atoms with van der Waals surface area (Å²) < 4.78 is 6.19. The third-order valence-corrected chi connectivity index (χ3v) is 8.51. The van der Waals surface area contributed by atoms with Crippen LogP contribution in [0.5, 0.6) is 0 Å². The second-order valence-corrected chi connectivity index (χ2v) is 11.3. The average molecular weight is 576 g/mol. The molecule has 0 aliphatic rings. The molecule has 0 saturated carbocycles. The Labute approximate surface area is 259 Å². The van der Waals surface area contributed by atoms with Gasteiger partial charge in [0.15, 0.2) is 17.5 Å². The molecule has 0 fully saturated rings. The molecule has 0 radical (unpaired) electrons. The first-order valence-corrected chi connectivity index (χ1v) is 15.0. The van der Waals surface area contributed by atoms with E-state index in [1.165, 1.54) is 27.3 Å². The Kier molecular flexibility index (Phi) is 5.78. The molecule has 0 aliphatic carbocycles. The monoisotopic (exact) mass is 575 g/mol. The smallest absolute Gasteiger partial charge is 0.164 e. The molecular formula is C41H25N3O. The first kappa shape index (κ1) is 25.4. The molecular weight excluding hydrogens is 550 g/mol. The molecule has 9 aromatic rings. The van der Waals surface area contributed by atoms with Crippen LogP contribution in [0.15, 0.2) is 156 Å². The van der Waals surface area contributed by atoms with Gasteiger partial charge in [-0.3, -0.25) is 0 Å². The van der Waals surface area contributed by atoms with Crippen molar-refractivity contribution < 1.29 is 4.42 Å². The molecule has 0 spiro atoms. The van der Waals surface area contributed by atoms with Gasteiger partial charge in [0.05, 0.1) is 0 Å². The number of benzene rings is 7. The lowest BCUT2D eigenvalue weighted by molar-refractivity contribution is 0.669. The first-order valence-electron chi connectivity index (χ1n) is 15.0. The summed E-state index contributed by atoms with van der Waals surface area (Å²) in [7, 11) is 0. The van der Waals surface area contributed by atoms with Gasteiger partial charge >= 0.3 is 0 Å². The summed E-state index contributed by atoms with van der Waals surface area (Å²) in [5.41, 5.74) is 6.83. The summed E-state index contributed by atoms with van der Waals surface area (Å²) >= 11 is 0. The first-order chi connectivity index (χ1) is 22.3. The Bertz CT molecular complexity index is 2550. The van der Waals surface area contributed by atoms with E-state index in [0.717, 1.165) is 44.0 Å². The molecule has 210 valence electrons. The highest BCUT2D eigenvalue weighted by molar-refractivity contribution is 6.11. The third-order valence-electron chi connectivity index (χ3n) is 8.51. The summed E-state index contributed by atoms with van der Waals surface area (Å²) in [4.78, 5) is 15.1. The summed E-state index contributed by atoms with van der Waals surface area (Å²) in [6.07, 6.45) is 0. The van der Waals surface area contributed by atoms with Crippen LogP contribution >= 0.6 is 0 Å². The Balaban J connectivity index is 1.23. The van der Waals surface area contributed by atoms with Crippen LogP contribution in [0.3, 0.4) is 0 Å². The van der Waals surface area contributed by atoms with Crippen molar-refractivity contribution >= 4 is 43.5 Å². The lowest BCUT2D eigenvalue weighted by Crippen LogP contribution is -2.00. The molecule has 9 rings (SSSR count). The van der Waals surface area contributed by atoms with Gasteiger partial charge in [0.25, 0.3) is 0 Å². The molecule has 0 unspecified atom stereocenters. The van der Waals surface area contributed by atoms with E-state index < -0.39 is 0 Å². The molecule has 2 heterocycles. The second kappa shape index (κ2) is 10.2. The fraction of sp³-hybridized carbons (Fsp3) is 0. The quantitative estimate of drug-likeness (QED) is 0.209. The Hall–Kier alpha value is -6.13.